The van der Waals surface area contributed by atoms with Crippen molar-refractivity contribution < 1.29 is 9.90 Å². The normalized spacial score (nSPS) is 10.6. The molecule has 0 aliphatic heterocycles. The van der Waals surface area contributed by atoms with Crippen LogP contribution in [0.25, 0.3) is 5.65 Å². The minimum absolute atomic E-state index is 0.111. The highest BCUT2D eigenvalue weighted by Gasteiger charge is 2.13. The number of carboxylic acid groups (broad SMARTS) is 1. The summed E-state index contributed by atoms with van der Waals surface area (Å²) in [6, 6.07) is 1.77. The Bertz CT molecular complexity index is 521. The summed E-state index contributed by atoms with van der Waals surface area (Å²) < 4.78 is 1.50. The largest absolute Gasteiger partial charge is 0.477 e. The predicted octanol–water partition coefficient (Wildman–Crippen LogP) is 1.25. The van der Waals surface area contributed by atoms with Crippen molar-refractivity contribution in [3.8, 4) is 0 Å². The van der Waals surface area contributed by atoms with E-state index in [0.29, 0.717) is 5.65 Å². The van der Waals surface area contributed by atoms with Gasteiger partial charge in [-0.15, -0.1) is 0 Å². The van der Waals surface area contributed by atoms with Gasteiger partial charge < -0.3 is 10.4 Å². The zero-order valence-electron chi connectivity index (χ0n) is 8.84. The average Bonchev–Trinajstić information content (AvgIpc) is 2.70. The second-order valence-electron chi connectivity index (χ2n) is 3.36. The molecule has 0 radical (unpaired) electrons. The van der Waals surface area contributed by atoms with Gasteiger partial charge in [0.15, 0.2) is 5.65 Å². The van der Waals surface area contributed by atoms with Crippen molar-refractivity contribution in [3.63, 3.8) is 0 Å². The van der Waals surface area contributed by atoms with Crippen LogP contribution in [0.2, 0.25) is 0 Å². The van der Waals surface area contributed by atoms with Crippen LogP contribution in [0, 0.1) is 0 Å². The molecule has 0 saturated heterocycles. The lowest BCUT2D eigenvalue weighted by molar-refractivity contribution is 0.0699. The zero-order chi connectivity index (χ0) is 11.5. The van der Waals surface area contributed by atoms with Gasteiger partial charge in [-0.2, -0.15) is 9.61 Å². The third-order valence-electron chi connectivity index (χ3n) is 2.19. The van der Waals surface area contributed by atoms with Crippen molar-refractivity contribution in [2.24, 2.45) is 0 Å². The van der Waals surface area contributed by atoms with E-state index < -0.39 is 5.97 Å². The molecule has 6 nitrogen and oxygen atoms in total. The molecular weight excluding hydrogens is 208 g/mol. The van der Waals surface area contributed by atoms with Gasteiger partial charge in [0.2, 0.25) is 0 Å². The maximum Gasteiger partial charge on any atom is 0.341 e. The van der Waals surface area contributed by atoms with Crippen molar-refractivity contribution in [3.05, 3.63) is 24.0 Å². The maximum absolute atomic E-state index is 10.9. The van der Waals surface area contributed by atoms with Crippen LogP contribution in [0.5, 0.6) is 0 Å². The molecule has 0 spiro atoms. The van der Waals surface area contributed by atoms with Crippen molar-refractivity contribution in [2.75, 3.05) is 11.9 Å². The Morgan fingerprint density at radius 3 is 3.12 bits per heavy atom. The number of hydrogen-bond donors (Lipinski definition) is 2. The number of aromatic nitrogens is 3. The van der Waals surface area contributed by atoms with Crippen LogP contribution < -0.4 is 5.32 Å². The van der Waals surface area contributed by atoms with E-state index in [1.165, 1.54) is 10.7 Å². The first-order valence-corrected chi connectivity index (χ1v) is 5.04. The van der Waals surface area contributed by atoms with Gasteiger partial charge in [-0.1, -0.05) is 6.92 Å². The van der Waals surface area contributed by atoms with E-state index in [0.717, 1.165) is 18.8 Å². The average molecular weight is 220 g/mol. The minimum atomic E-state index is -1.02. The Balaban J connectivity index is 2.49. The van der Waals surface area contributed by atoms with Gasteiger partial charge in [-0.25, -0.2) is 9.78 Å². The first kappa shape index (κ1) is 10.4. The van der Waals surface area contributed by atoms with Gasteiger partial charge in [-0.3, -0.25) is 0 Å². The quantitative estimate of drug-likeness (QED) is 0.810. The molecule has 0 aromatic carbocycles. The second-order valence-corrected chi connectivity index (χ2v) is 3.36. The Morgan fingerprint density at radius 1 is 1.62 bits per heavy atom. The van der Waals surface area contributed by atoms with E-state index in [9.17, 15) is 4.79 Å². The molecule has 0 fully saturated rings. The molecular formula is C10H12N4O2. The minimum Gasteiger partial charge on any atom is -0.477 e. The molecule has 2 rings (SSSR count). The van der Waals surface area contributed by atoms with Crippen molar-refractivity contribution >= 4 is 17.4 Å². The Hall–Kier alpha value is -2.11. The Morgan fingerprint density at radius 2 is 2.44 bits per heavy atom. The number of nitrogens with one attached hydrogen (secondary N) is 1. The molecule has 84 valence electrons. The van der Waals surface area contributed by atoms with Crippen LogP contribution in [-0.2, 0) is 0 Å². The van der Waals surface area contributed by atoms with E-state index in [-0.39, 0.29) is 5.56 Å². The summed E-state index contributed by atoms with van der Waals surface area (Å²) in [5.74, 6) is -0.269. The SMILES string of the molecule is CCCNc1ccnc2c(C(=O)O)cnn12. The van der Waals surface area contributed by atoms with Crippen molar-refractivity contribution in [1.29, 1.82) is 0 Å². The Kier molecular flexibility index (Phi) is 2.72. The second kappa shape index (κ2) is 4.18. The zero-order valence-corrected chi connectivity index (χ0v) is 8.84. The number of nitrogens with zero attached hydrogens (tertiary/aromatic N) is 3. The topological polar surface area (TPSA) is 79.5 Å². The molecule has 0 saturated carbocycles. The fraction of sp³-hybridized carbons (Fsp3) is 0.300. The van der Waals surface area contributed by atoms with Crippen LogP contribution in [-0.4, -0.2) is 32.2 Å². The standard InChI is InChI=1S/C10H12N4O2/c1-2-4-11-8-3-5-12-9-7(10(15)16)6-13-14(8)9/h3,5-6,11H,2,4H2,1H3,(H,15,16). The summed E-state index contributed by atoms with van der Waals surface area (Å²) in [4.78, 5) is 14.9. The molecule has 16 heavy (non-hydrogen) atoms. The van der Waals surface area contributed by atoms with Crippen LogP contribution in [0.15, 0.2) is 18.5 Å². The lowest BCUT2D eigenvalue weighted by Gasteiger charge is -2.05. The molecule has 0 aliphatic carbocycles. The van der Waals surface area contributed by atoms with Gasteiger partial charge >= 0.3 is 5.97 Å². The molecule has 2 aromatic rings. The summed E-state index contributed by atoms with van der Waals surface area (Å²) in [5, 5.41) is 16.1. The van der Waals surface area contributed by atoms with Gasteiger partial charge in [0, 0.05) is 12.7 Å². The number of fused-ring (bicyclic) bond motifs is 1. The summed E-state index contributed by atoms with van der Waals surface area (Å²) >= 11 is 0. The monoisotopic (exact) mass is 220 g/mol. The first-order valence-electron chi connectivity index (χ1n) is 5.04. The predicted molar refractivity (Wildman–Crippen MR) is 58.7 cm³/mol. The third kappa shape index (κ3) is 1.69. The smallest absolute Gasteiger partial charge is 0.341 e. The molecule has 2 N–H and O–H groups in total. The van der Waals surface area contributed by atoms with Gasteiger partial charge in [0.25, 0.3) is 0 Å². The van der Waals surface area contributed by atoms with Gasteiger partial charge in [-0.05, 0) is 12.5 Å². The molecule has 6 heteroatoms. The molecule has 0 atom stereocenters. The maximum atomic E-state index is 10.9. The summed E-state index contributed by atoms with van der Waals surface area (Å²) in [6.07, 6.45) is 3.86. The van der Waals surface area contributed by atoms with Crippen molar-refractivity contribution in [2.45, 2.75) is 13.3 Å². The van der Waals surface area contributed by atoms with Crippen LogP contribution in [0.4, 0.5) is 5.82 Å². The van der Waals surface area contributed by atoms with Crippen LogP contribution in [0.1, 0.15) is 23.7 Å². The highest BCUT2D eigenvalue weighted by Crippen LogP contribution is 2.13. The lowest BCUT2D eigenvalue weighted by Crippen LogP contribution is -2.06. The molecule has 2 heterocycles. The number of carbonyl (C=O) groups is 1. The van der Waals surface area contributed by atoms with Crippen molar-refractivity contribution in [1.82, 2.24) is 14.6 Å². The van der Waals surface area contributed by atoms with E-state index in [4.69, 9.17) is 5.11 Å². The molecule has 0 unspecified atom stereocenters. The number of hydrogen-bond acceptors (Lipinski definition) is 4. The van der Waals surface area contributed by atoms with E-state index in [1.807, 2.05) is 0 Å². The Labute approximate surface area is 91.9 Å². The number of rotatable bonds is 4. The summed E-state index contributed by atoms with van der Waals surface area (Å²) in [7, 11) is 0. The third-order valence-corrected chi connectivity index (χ3v) is 2.19. The number of aromatic carboxylic acids is 1. The fourth-order valence-corrected chi connectivity index (χ4v) is 1.43. The van der Waals surface area contributed by atoms with Crippen LogP contribution >= 0.6 is 0 Å². The molecule has 0 bridgehead atoms. The van der Waals surface area contributed by atoms with Crippen LogP contribution in [0.3, 0.4) is 0 Å². The van der Waals surface area contributed by atoms with E-state index in [2.05, 4.69) is 22.3 Å². The fourth-order valence-electron chi connectivity index (χ4n) is 1.43. The van der Waals surface area contributed by atoms with Gasteiger partial charge in [0.1, 0.15) is 11.4 Å². The summed E-state index contributed by atoms with van der Waals surface area (Å²) in [5.41, 5.74) is 0.466. The molecule has 2 aromatic heterocycles. The lowest BCUT2D eigenvalue weighted by atomic mass is 10.3. The van der Waals surface area contributed by atoms with Gasteiger partial charge in [0.05, 0.1) is 6.20 Å². The van der Waals surface area contributed by atoms with E-state index >= 15 is 0 Å². The number of anilines is 1. The summed E-state index contributed by atoms with van der Waals surface area (Å²) in [6.45, 7) is 2.86. The highest BCUT2D eigenvalue weighted by molar-refractivity contribution is 5.94. The highest BCUT2D eigenvalue weighted by atomic mass is 16.4. The molecule has 0 amide bonds. The van der Waals surface area contributed by atoms with E-state index in [1.54, 1.807) is 12.3 Å². The first-order chi connectivity index (χ1) is 7.74. The number of carboxylic acids is 1. The molecule has 0 aliphatic rings.